The number of nitrogens with one attached hydrogen (secondary N) is 1. The van der Waals surface area contributed by atoms with Crippen LogP contribution in [0.3, 0.4) is 0 Å². The number of carbonyl (C=O) groups is 1. The molecule has 0 heterocycles. The van der Waals surface area contributed by atoms with Crippen molar-refractivity contribution in [1.29, 1.82) is 0 Å². The molecule has 0 spiro atoms. The van der Waals surface area contributed by atoms with E-state index in [0.717, 1.165) is 16.1 Å². The molecule has 0 aliphatic rings. The molecule has 3 nitrogen and oxygen atoms in total. The van der Waals surface area contributed by atoms with E-state index < -0.39 is 0 Å². The number of aryl methyl sites for hydroxylation is 2. The number of thioether (sulfide) groups is 1. The Balaban J connectivity index is 1.96. The Hall–Kier alpha value is -1.65. The van der Waals surface area contributed by atoms with Crippen molar-refractivity contribution in [3.8, 4) is 0 Å². The highest BCUT2D eigenvalue weighted by Gasteiger charge is 2.07. The van der Waals surface area contributed by atoms with Crippen molar-refractivity contribution < 1.29 is 4.79 Å². The highest BCUT2D eigenvalue weighted by atomic mass is 35.5. The lowest BCUT2D eigenvalue weighted by atomic mass is 10.1. The molecule has 0 aromatic heterocycles. The summed E-state index contributed by atoms with van der Waals surface area (Å²) in [6.07, 6.45) is 0. The minimum Gasteiger partial charge on any atom is -0.398 e. The Kier molecular flexibility index (Phi) is 5.15. The van der Waals surface area contributed by atoms with Crippen LogP contribution in [0.2, 0.25) is 5.02 Å². The summed E-state index contributed by atoms with van der Waals surface area (Å²) in [5.41, 5.74) is 9.53. The van der Waals surface area contributed by atoms with Crippen LogP contribution < -0.4 is 11.1 Å². The molecule has 0 atom stereocenters. The molecule has 0 fully saturated rings. The Bertz CT molecular complexity index is 673. The van der Waals surface area contributed by atoms with Crippen molar-refractivity contribution >= 4 is 40.6 Å². The van der Waals surface area contributed by atoms with Gasteiger partial charge in [-0.2, -0.15) is 0 Å². The van der Waals surface area contributed by atoms with E-state index in [4.69, 9.17) is 17.3 Å². The van der Waals surface area contributed by atoms with Gasteiger partial charge >= 0.3 is 0 Å². The number of nitrogen functional groups attached to an aromatic ring is 1. The molecule has 0 saturated heterocycles. The molecular weight excluding hydrogens is 304 g/mol. The van der Waals surface area contributed by atoms with E-state index in [1.165, 1.54) is 17.3 Å². The molecule has 1 amide bonds. The standard InChI is InChI=1S/C16H17ClN2OS/c1-10-3-5-14(11(2)7-10)19-16(20)9-21-15-6-4-12(17)8-13(15)18/h3-8H,9,18H2,1-2H3,(H,19,20). The average Bonchev–Trinajstić information content (AvgIpc) is 2.41. The van der Waals surface area contributed by atoms with Crippen LogP contribution in [0, 0.1) is 13.8 Å². The average molecular weight is 321 g/mol. The maximum Gasteiger partial charge on any atom is 0.234 e. The molecule has 5 heteroatoms. The van der Waals surface area contributed by atoms with E-state index in [0.29, 0.717) is 16.5 Å². The first kappa shape index (κ1) is 15.7. The number of hydrogen-bond acceptors (Lipinski definition) is 3. The maximum atomic E-state index is 12.0. The maximum absolute atomic E-state index is 12.0. The third-order valence-corrected chi connectivity index (χ3v) is 4.31. The fraction of sp³-hybridized carbons (Fsp3) is 0.188. The van der Waals surface area contributed by atoms with Gasteiger partial charge in [0.2, 0.25) is 5.91 Å². The number of hydrogen-bond donors (Lipinski definition) is 2. The molecule has 0 radical (unpaired) electrons. The molecule has 2 rings (SSSR count). The van der Waals surface area contributed by atoms with E-state index in [2.05, 4.69) is 5.32 Å². The van der Waals surface area contributed by atoms with Gasteiger partial charge in [0.15, 0.2) is 0 Å². The summed E-state index contributed by atoms with van der Waals surface area (Å²) in [5.74, 6) is 0.250. The summed E-state index contributed by atoms with van der Waals surface area (Å²) in [7, 11) is 0. The van der Waals surface area contributed by atoms with Gasteiger partial charge < -0.3 is 11.1 Å². The first-order chi connectivity index (χ1) is 9.95. The summed E-state index contributed by atoms with van der Waals surface area (Å²) in [4.78, 5) is 12.9. The van der Waals surface area contributed by atoms with Crippen molar-refractivity contribution in [1.82, 2.24) is 0 Å². The highest BCUT2D eigenvalue weighted by molar-refractivity contribution is 8.00. The number of halogens is 1. The largest absolute Gasteiger partial charge is 0.398 e. The second kappa shape index (κ2) is 6.87. The van der Waals surface area contributed by atoms with Crippen LogP contribution >= 0.6 is 23.4 Å². The number of benzene rings is 2. The molecule has 110 valence electrons. The third-order valence-electron chi connectivity index (χ3n) is 2.99. The smallest absolute Gasteiger partial charge is 0.234 e. The SMILES string of the molecule is Cc1ccc(NC(=O)CSc2ccc(Cl)cc2N)c(C)c1. The van der Waals surface area contributed by atoms with E-state index in [-0.39, 0.29) is 5.91 Å². The summed E-state index contributed by atoms with van der Waals surface area (Å²) >= 11 is 7.25. The summed E-state index contributed by atoms with van der Waals surface area (Å²) < 4.78 is 0. The van der Waals surface area contributed by atoms with Crippen LogP contribution in [0.5, 0.6) is 0 Å². The number of anilines is 2. The van der Waals surface area contributed by atoms with Gasteiger partial charge in [-0.1, -0.05) is 29.3 Å². The van der Waals surface area contributed by atoms with Crippen LogP contribution in [0.4, 0.5) is 11.4 Å². The van der Waals surface area contributed by atoms with Gasteiger partial charge in [-0.3, -0.25) is 4.79 Å². The van der Waals surface area contributed by atoms with Crippen molar-refractivity contribution in [2.45, 2.75) is 18.7 Å². The zero-order valence-corrected chi connectivity index (χ0v) is 13.5. The van der Waals surface area contributed by atoms with Crippen LogP contribution in [-0.2, 0) is 4.79 Å². The first-order valence-corrected chi connectivity index (χ1v) is 7.87. The summed E-state index contributed by atoms with van der Waals surface area (Å²) in [6, 6.07) is 11.2. The van der Waals surface area contributed by atoms with Crippen LogP contribution in [0.1, 0.15) is 11.1 Å². The quantitative estimate of drug-likeness (QED) is 0.653. The minimum absolute atomic E-state index is 0.0543. The number of amides is 1. The van der Waals surface area contributed by atoms with Gasteiger partial charge in [0, 0.05) is 21.3 Å². The van der Waals surface area contributed by atoms with Gasteiger partial charge in [-0.25, -0.2) is 0 Å². The molecular formula is C16H17ClN2OS. The van der Waals surface area contributed by atoms with Gasteiger partial charge in [0.25, 0.3) is 0 Å². The van der Waals surface area contributed by atoms with Crippen molar-refractivity contribution in [3.63, 3.8) is 0 Å². The second-order valence-electron chi connectivity index (χ2n) is 4.84. The van der Waals surface area contributed by atoms with Crippen LogP contribution in [-0.4, -0.2) is 11.7 Å². The van der Waals surface area contributed by atoms with E-state index in [1.807, 2.05) is 38.1 Å². The minimum atomic E-state index is -0.0543. The van der Waals surface area contributed by atoms with Crippen LogP contribution in [0.25, 0.3) is 0 Å². The molecule has 2 aromatic carbocycles. The number of carbonyl (C=O) groups excluding carboxylic acids is 1. The van der Waals surface area contributed by atoms with E-state index in [9.17, 15) is 4.79 Å². The monoisotopic (exact) mass is 320 g/mol. The van der Waals surface area contributed by atoms with E-state index in [1.54, 1.807) is 12.1 Å². The van der Waals surface area contributed by atoms with Crippen LogP contribution in [0.15, 0.2) is 41.3 Å². The zero-order chi connectivity index (χ0) is 15.4. The summed E-state index contributed by atoms with van der Waals surface area (Å²) in [6.45, 7) is 4.00. The molecule has 2 aromatic rings. The lowest BCUT2D eigenvalue weighted by molar-refractivity contribution is -0.113. The Labute approximate surface area is 133 Å². The Morgan fingerprint density at radius 1 is 1.24 bits per heavy atom. The molecule has 21 heavy (non-hydrogen) atoms. The molecule has 3 N–H and O–H groups in total. The van der Waals surface area contributed by atoms with Crippen molar-refractivity contribution in [3.05, 3.63) is 52.5 Å². The van der Waals surface area contributed by atoms with Gasteiger partial charge in [-0.05, 0) is 43.7 Å². The van der Waals surface area contributed by atoms with E-state index >= 15 is 0 Å². The zero-order valence-electron chi connectivity index (χ0n) is 11.9. The second-order valence-corrected chi connectivity index (χ2v) is 6.29. The normalized spacial score (nSPS) is 10.4. The Morgan fingerprint density at radius 3 is 2.67 bits per heavy atom. The van der Waals surface area contributed by atoms with Crippen molar-refractivity contribution in [2.75, 3.05) is 16.8 Å². The Morgan fingerprint density at radius 2 is 2.00 bits per heavy atom. The van der Waals surface area contributed by atoms with Gasteiger partial charge in [0.05, 0.1) is 5.75 Å². The van der Waals surface area contributed by atoms with Gasteiger partial charge in [0.1, 0.15) is 0 Å². The van der Waals surface area contributed by atoms with Crippen molar-refractivity contribution in [2.24, 2.45) is 0 Å². The molecule has 0 aliphatic heterocycles. The van der Waals surface area contributed by atoms with Gasteiger partial charge in [-0.15, -0.1) is 11.8 Å². The molecule has 0 bridgehead atoms. The molecule has 0 saturated carbocycles. The summed E-state index contributed by atoms with van der Waals surface area (Å²) in [5, 5.41) is 3.51. The lowest BCUT2D eigenvalue weighted by Crippen LogP contribution is -2.15. The predicted octanol–water partition coefficient (Wildman–Crippen LogP) is 4.27. The fourth-order valence-corrected chi connectivity index (χ4v) is 2.86. The predicted molar refractivity (Wildman–Crippen MR) is 91.1 cm³/mol. The number of nitrogens with two attached hydrogens (primary N) is 1. The molecule has 0 aliphatic carbocycles. The number of rotatable bonds is 4. The topological polar surface area (TPSA) is 55.1 Å². The lowest BCUT2D eigenvalue weighted by Gasteiger charge is -2.10. The third kappa shape index (κ3) is 4.41. The molecule has 0 unspecified atom stereocenters. The highest BCUT2D eigenvalue weighted by Crippen LogP contribution is 2.27. The first-order valence-electron chi connectivity index (χ1n) is 6.50. The fourth-order valence-electron chi connectivity index (χ4n) is 1.93.